The van der Waals surface area contributed by atoms with E-state index in [0.717, 1.165) is 22.5 Å². The largest absolute Gasteiger partial charge is 0.493 e. The predicted molar refractivity (Wildman–Crippen MR) is 132 cm³/mol. The van der Waals surface area contributed by atoms with Crippen LogP contribution in [0.25, 0.3) is 0 Å². The summed E-state index contributed by atoms with van der Waals surface area (Å²) in [4.78, 5) is 26.6. The average molecular weight is 483 g/mol. The quantitative estimate of drug-likeness (QED) is 0.484. The summed E-state index contributed by atoms with van der Waals surface area (Å²) in [6, 6.07) is 20.2. The molecule has 2 amide bonds. The number of amides is 2. The summed E-state index contributed by atoms with van der Waals surface area (Å²) in [5.74, 6) is 1.09. The Morgan fingerprint density at radius 2 is 1.91 bits per heavy atom. The molecule has 1 heterocycles. The smallest absolute Gasteiger partial charge is 0.262 e. The SMILES string of the molecule is COc1cc([C@@H]2SCC(=O)N2c2ccc(Cl)cc2)ccc1OCC(=O)Nc1cccc(C)c1. The van der Waals surface area contributed by atoms with Gasteiger partial charge in [0.15, 0.2) is 18.1 Å². The fraction of sp³-hybridized carbons (Fsp3) is 0.200. The molecular formula is C25H23ClN2O4S. The van der Waals surface area contributed by atoms with Gasteiger partial charge in [0.2, 0.25) is 5.91 Å². The summed E-state index contributed by atoms with van der Waals surface area (Å²) in [6.45, 7) is 1.81. The number of carbonyl (C=O) groups is 2. The molecule has 1 atom stereocenters. The van der Waals surface area contributed by atoms with Gasteiger partial charge in [-0.05, 0) is 66.6 Å². The first-order chi connectivity index (χ1) is 15.9. The lowest BCUT2D eigenvalue weighted by atomic mass is 10.1. The number of hydrogen-bond donors (Lipinski definition) is 1. The zero-order valence-corrected chi connectivity index (χ0v) is 19.8. The van der Waals surface area contributed by atoms with E-state index < -0.39 is 0 Å². The Hall–Kier alpha value is -3.16. The summed E-state index contributed by atoms with van der Waals surface area (Å²) in [7, 11) is 1.54. The molecule has 1 N–H and O–H groups in total. The first-order valence-electron chi connectivity index (χ1n) is 10.3. The van der Waals surface area contributed by atoms with Gasteiger partial charge in [-0.15, -0.1) is 11.8 Å². The Morgan fingerprint density at radius 3 is 2.64 bits per heavy atom. The molecule has 0 radical (unpaired) electrons. The maximum Gasteiger partial charge on any atom is 0.262 e. The van der Waals surface area contributed by atoms with Crippen LogP contribution < -0.4 is 19.7 Å². The van der Waals surface area contributed by atoms with E-state index in [1.807, 2.05) is 55.5 Å². The molecule has 1 aliphatic heterocycles. The Kier molecular flexibility index (Phi) is 7.11. The molecule has 6 nitrogen and oxygen atoms in total. The van der Waals surface area contributed by atoms with Crippen molar-refractivity contribution in [2.45, 2.75) is 12.3 Å². The lowest BCUT2D eigenvalue weighted by Crippen LogP contribution is -2.27. The molecule has 4 rings (SSSR count). The number of hydrogen-bond acceptors (Lipinski definition) is 5. The van der Waals surface area contributed by atoms with Crippen molar-refractivity contribution in [3.63, 3.8) is 0 Å². The standard InChI is InChI=1S/C25H23ClN2O4S/c1-16-4-3-5-19(12-16)27-23(29)14-32-21-11-6-17(13-22(21)31-2)25-28(24(30)15-33-25)20-9-7-18(26)8-10-20/h3-13,25H,14-15H2,1-2H3,(H,27,29)/t25-/m0/s1. The van der Waals surface area contributed by atoms with Crippen molar-refractivity contribution >= 4 is 46.6 Å². The summed E-state index contributed by atoms with van der Waals surface area (Å²) in [5.41, 5.74) is 3.46. The first kappa shape index (κ1) is 23.0. The van der Waals surface area contributed by atoms with Crippen LogP contribution in [0.1, 0.15) is 16.5 Å². The fourth-order valence-electron chi connectivity index (χ4n) is 3.57. The second-order valence-corrected chi connectivity index (χ2v) is 9.03. The van der Waals surface area contributed by atoms with Crippen molar-refractivity contribution in [1.82, 2.24) is 0 Å². The van der Waals surface area contributed by atoms with E-state index in [1.54, 1.807) is 30.2 Å². The molecule has 0 saturated carbocycles. The monoisotopic (exact) mass is 482 g/mol. The Bertz CT molecular complexity index is 1170. The maximum atomic E-state index is 12.6. The molecule has 3 aromatic rings. The zero-order valence-electron chi connectivity index (χ0n) is 18.2. The number of rotatable bonds is 7. The fourth-order valence-corrected chi connectivity index (χ4v) is 4.86. The number of nitrogens with zero attached hydrogens (tertiary/aromatic N) is 1. The number of nitrogens with one attached hydrogen (secondary N) is 1. The van der Waals surface area contributed by atoms with E-state index in [0.29, 0.717) is 22.3 Å². The molecule has 3 aromatic carbocycles. The zero-order chi connectivity index (χ0) is 23.4. The second kappa shape index (κ2) is 10.2. The molecule has 0 aliphatic carbocycles. The van der Waals surface area contributed by atoms with Gasteiger partial charge in [0.1, 0.15) is 5.37 Å². The average Bonchev–Trinajstić information content (AvgIpc) is 3.19. The molecule has 1 aliphatic rings. The van der Waals surface area contributed by atoms with Crippen molar-refractivity contribution in [3.05, 3.63) is 82.9 Å². The number of anilines is 2. The van der Waals surface area contributed by atoms with Gasteiger partial charge in [-0.25, -0.2) is 0 Å². The maximum absolute atomic E-state index is 12.6. The number of carbonyl (C=O) groups excluding carboxylic acids is 2. The third-order valence-electron chi connectivity index (χ3n) is 5.11. The van der Waals surface area contributed by atoms with Gasteiger partial charge in [0.05, 0.1) is 12.9 Å². The van der Waals surface area contributed by atoms with Gasteiger partial charge < -0.3 is 14.8 Å². The summed E-state index contributed by atoms with van der Waals surface area (Å²) in [6.07, 6.45) is 0. The molecule has 0 aromatic heterocycles. The molecule has 0 spiro atoms. The van der Waals surface area contributed by atoms with Crippen LogP contribution in [-0.4, -0.2) is 31.3 Å². The number of methoxy groups -OCH3 is 1. The molecule has 1 fully saturated rings. The summed E-state index contributed by atoms with van der Waals surface area (Å²) in [5, 5.41) is 3.23. The summed E-state index contributed by atoms with van der Waals surface area (Å²) >= 11 is 7.54. The third-order valence-corrected chi connectivity index (χ3v) is 6.57. The van der Waals surface area contributed by atoms with Gasteiger partial charge in [0, 0.05) is 16.4 Å². The van der Waals surface area contributed by atoms with E-state index in [4.69, 9.17) is 21.1 Å². The van der Waals surface area contributed by atoms with Crippen LogP contribution in [0.2, 0.25) is 5.02 Å². The van der Waals surface area contributed by atoms with E-state index in [9.17, 15) is 9.59 Å². The molecule has 1 saturated heterocycles. The number of benzene rings is 3. The minimum Gasteiger partial charge on any atom is -0.493 e. The minimum absolute atomic E-state index is 0.0273. The summed E-state index contributed by atoms with van der Waals surface area (Å²) < 4.78 is 11.2. The Balaban J connectivity index is 1.47. The van der Waals surface area contributed by atoms with Crippen LogP contribution in [0.15, 0.2) is 66.7 Å². The molecule has 33 heavy (non-hydrogen) atoms. The lowest BCUT2D eigenvalue weighted by molar-refractivity contribution is -0.118. The van der Waals surface area contributed by atoms with Crippen molar-refractivity contribution in [1.29, 1.82) is 0 Å². The van der Waals surface area contributed by atoms with Gasteiger partial charge in [-0.2, -0.15) is 0 Å². The molecule has 8 heteroatoms. The Morgan fingerprint density at radius 1 is 1.12 bits per heavy atom. The normalized spacial score (nSPS) is 15.4. The highest BCUT2D eigenvalue weighted by Gasteiger charge is 2.34. The highest BCUT2D eigenvalue weighted by Crippen LogP contribution is 2.44. The van der Waals surface area contributed by atoms with Crippen LogP contribution >= 0.6 is 23.4 Å². The van der Waals surface area contributed by atoms with Crippen molar-refractivity contribution in [3.8, 4) is 11.5 Å². The molecule has 0 unspecified atom stereocenters. The number of aryl methyl sites for hydroxylation is 1. The van der Waals surface area contributed by atoms with Crippen molar-refractivity contribution in [2.24, 2.45) is 0 Å². The van der Waals surface area contributed by atoms with Crippen LogP contribution in [0.5, 0.6) is 11.5 Å². The first-order valence-corrected chi connectivity index (χ1v) is 11.7. The van der Waals surface area contributed by atoms with Crippen LogP contribution in [-0.2, 0) is 9.59 Å². The van der Waals surface area contributed by atoms with E-state index in [2.05, 4.69) is 5.32 Å². The number of thioether (sulfide) groups is 1. The number of ether oxygens (including phenoxy) is 2. The van der Waals surface area contributed by atoms with Crippen molar-refractivity contribution in [2.75, 3.05) is 29.7 Å². The number of halogens is 1. The van der Waals surface area contributed by atoms with Crippen LogP contribution in [0.4, 0.5) is 11.4 Å². The van der Waals surface area contributed by atoms with Crippen LogP contribution in [0.3, 0.4) is 0 Å². The van der Waals surface area contributed by atoms with Gasteiger partial charge in [0.25, 0.3) is 5.91 Å². The van der Waals surface area contributed by atoms with Gasteiger partial charge >= 0.3 is 0 Å². The third kappa shape index (κ3) is 5.43. The Labute approximate surface area is 201 Å². The molecule has 0 bridgehead atoms. The molecular weight excluding hydrogens is 460 g/mol. The van der Waals surface area contributed by atoms with Gasteiger partial charge in [-0.1, -0.05) is 29.8 Å². The van der Waals surface area contributed by atoms with E-state index >= 15 is 0 Å². The van der Waals surface area contributed by atoms with E-state index in [1.165, 1.54) is 11.8 Å². The highest BCUT2D eigenvalue weighted by atomic mass is 35.5. The second-order valence-electron chi connectivity index (χ2n) is 7.52. The van der Waals surface area contributed by atoms with Crippen molar-refractivity contribution < 1.29 is 19.1 Å². The van der Waals surface area contributed by atoms with Crippen LogP contribution in [0, 0.1) is 6.92 Å². The highest BCUT2D eigenvalue weighted by molar-refractivity contribution is 8.00. The van der Waals surface area contributed by atoms with E-state index in [-0.39, 0.29) is 23.8 Å². The predicted octanol–water partition coefficient (Wildman–Crippen LogP) is 5.45. The lowest BCUT2D eigenvalue weighted by Gasteiger charge is -2.25. The van der Waals surface area contributed by atoms with Gasteiger partial charge in [-0.3, -0.25) is 14.5 Å². The topological polar surface area (TPSA) is 67.9 Å². The minimum atomic E-state index is -0.266. The molecule has 170 valence electrons.